The fourth-order valence-corrected chi connectivity index (χ4v) is 3.25. The van der Waals surface area contributed by atoms with Gasteiger partial charge in [0, 0.05) is 57.6 Å². The first-order valence-electron chi connectivity index (χ1n) is 9.65. The third-order valence-corrected chi connectivity index (χ3v) is 4.70. The van der Waals surface area contributed by atoms with Crippen LogP contribution in [0.5, 0.6) is 0 Å². The topological polar surface area (TPSA) is 72.9 Å². The number of benzene rings is 1. The summed E-state index contributed by atoms with van der Waals surface area (Å²) in [5.74, 6) is 1.37. The van der Waals surface area contributed by atoms with Crippen LogP contribution in [0.15, 0.2) is 53.5 Å². The molecule has 8 heteroatoms. The number of carbonyl (C=O) groups is 1. The highest BCUT2D eigenvalue weighted by molar-refractivity contribution is 14.0. The molecule has 0 aliphatic carbocycles. The molecule has 0 atom stereocenters. The van der Waals surface area contributed by atoms with Gasteiger partial charge in [-0.05, 0) is 31.2 Å². The minimum Gasteiger partial charge on any atom is -0.368 e. The second-order valence-corrected chi connectivity index (χ2v) is 6.75. The number of rotatable bonds is 5. The Labute approximate surface area is 189 Å². The highest BCUT2D eigenvalue weighted by Gasteiger charge is 2.19. The number of piperazine rings is 1. The molecular formula is C21H29IN6O. The van der Waals surface area contributed by atoms with Gasteiger partial charge in [0.2, 0.25) is 5.91 Å². The van der Waals surface area contributed by atoms with Crippen molar-refractivity contribution in [2.24, 2.45) is 4.99 Å². The molecule has 3 rings (SSSR count). The van der Waals surface area contributed by atoms with Crippen LogP contribution in [0.3, 0.4) is 0 Å². The summed E-state index contributed by atoms with van der Waals surface area (Å²) in [5.41, 5.74) is 2.14. The molecule has 1 aromatic heterocycles. The predicted octanol–water partition coefficient (Wildman–Crippen LogP) is 2.73. The molecule has 0 radical (unpaired) electrons. The summed E-state index contributed by atoms with van der Waals surface area (Å²) in [4.78, 5) is 25.4. The van der Waals surface area contributed by atoms with E-state index in [-0.39, 0.29) is 29.9 Å². The summed E-state index contributed by atoms with van der Waals surface area (Å²) >= 11 is 0. The number of nitrogens with zero attached hydrogens (tertiary/aromatic N) is 4. The van der Waals surface area contributed by atoms with Crippen molar-refractivity contribution in [2.45, 2.75) is 13.3 Å². The van der Waals surface area contributed by atoms with Gasteiger partial charge in [0.15, 0.2) is 5.96 Å². The Morgan fingerprint density at radius 1 is 1.07 bits per heavy atom. The van der Waals surface area contributed by atoms with Crippen LogP contribution in [-0.2, 0) is 4.79 Å². The lowest BCUT2D eigenvalue weighted by atomic mass is 10.2. The third kappa shape index (κ3) is 6.88. The van der Waals surface area contributed by atoms with Crippen LogP contribution in [0, 0.1) is 6.92 Å². The van der Waals surface area contributed by atoms with Crippen LogP contribution in [0.2, 0.25) is 0 Å². The SMILES string of the molecule is CN=C(NCCC(=O)Nc1cccc(C)n1)N1CCN(c2ccccc2)CC1.I. The fraction of sp³-hybridized carbons (Fsp3) is 0.381. The van der Waals surface area contributed by atoms with Crippen LogP contribution in [0.1, 0.15) is 12.1 Å². The van der Waals surface area contributed by atoms with Gasteiger partial charge >= 0.3 is 0 Å². The maximum Gasteiger partial charge on any atom is 0.227 e. The molecule has 1 amide bonds. The molecule has 0 unspecified atom stereocenters. The van der Waals surface area contributed by atoms with Crippen LogP contribution >= 0.6 is 24.0 Å². The van der Waals surface area contributed by atoms with E-state index in [1.165, 1.54) is 5.69 Å². The van der Waals surface area contributed by atoms with E-state index in [1.54, 1.807) is 13.1 Å². The number of carbonyl (C=O) groups excluding carboxylic acids is 1. The van der Waals surface area contributed by atoms with Crippen LogP contribution in [-0.4, -0.2) is 61.5 Å². The summed E-state index contributed by atoms with van der Waals surface area (Å²) in [6.45, 7) is 6.12. The first-order chi connectivity index (χ1) is 13.7. The molecule has 1 aliphatic rings. The molecule has 156 valence electrons. The molecule has 0 bridgehead atoms. The van der Waals surface area contributed by atoms with Crippen molar-refractivity contribution in [1.29, 1.82) is 0 Å². The molecule has 1 fully saturated rings. The van der Waals surface area contributed by atoms with Crippen molar-refractivity contribution in [2.75, 3.05) is 50.0 Å². The first kappa shape index (κ1) is 22.9. The molecule has 1 aromatic carbocycles. The number of amides is 1. The Hall–Kier alpha value is -2.36. The second kappa shape index (κ2) is 11.6. The predicted molar refractivity (Wildman–Crippen MR) is 129 cm³/mol. The molecule has 2 heterocycles. The quantitative estimate of drug-likeness (QED) is 0.369. The van der Waals surface area contributed by atoms with Crippen molar-refractivity contribution in [3.8, 4) is 0 Å². The highest BCUT2D eigenvalue weighted by Crippen LogP contribution is 2.15. The van der Waals surface area contributed by atoms with Gasteiger partial charge in [-0.3, -0.25) is 9.79 Å². The Balaban J connectivity index is 0.00000300. The zero-order chi connectivity index (χ0) is 19.8. The molecular weight excluding hydrogens is 479 g/mol. The lowest BCUT2D eigenvalue weighted by Crippen LogP contribution is -2.52. The van der Waals surface area contributed by atoms with Crippen molar-refractivity contribution in [3.63, 3.8) is 0 Å². The zero-order valence-corrected chi connectivity index (χ0v) is 19.3. The fourth-order valence-electron chi connectivity index (χ4n) is 3.25. The summed E-state index contributed by atoms with van der Waals surface area (Å²) < 4.78 is 0. The van der Waals surface area contributed by atoms with Crippen molar-refractivity contribution >= 4 is 47.3 Å². The highest BCUT2D eigenvalue weighted by atomic mass is 127. The molecule has 0 saturated carbocycles. The van der Waals surface area contributed by atoms with Gasteiger partial charge in [-0.2, -0.15) is 0 Å². The first-order valence-corrected chi connectivity index (χ1v) is 9.65. The van der Waals surface area contributed by atoms with Crippen LogP contribution in [0.25, 0.3) is 0 Å². The Morgan fingerprint density at radius 3 is 2.45 bits per heavy atom. The van der Waals surface area contributed by atoms with Gasteiger partial charge in [-0.1, -0.05) is 24.3 Å². The van der Waals surface area contributed by atoms with E-state index < -0.39 is 0 Å². The van der Waals surface area contributed by atoms with Crippen LogP contribution < -0.4 is 15.5 Å². The Morgan fingerprint density at radius 2 is 1.79 bits per heavy atom. The lowest BCUT2D eigenvalue weighted by molar-refractivity contribution is -0.116. The largest absolute Gasteiger partial charge is 0.368 e. The zero-order valence-electron chi connectivity index (χ0n) is 17.0. The molecule has 2 aromatic rings. The number of nitrogens with one attached hydrogen (secondary N) is 2. The monoisotopic (exact) mass is 508 g/mol. The maximum atomic E-state index is 12.1. The Bertz CT molecular complexity index is 806. The number of hydrogen-bond donors (Lipinski definition) is 2. The number of pyridine rings is 1. The molecule has 0 spiro atoms. The van der Waals surface area contributed by atoms with Gasteiger partial charge in [0.1, 0.15) is 5.82 Å². The second-order valence-electron chi connectivity index (χ2n) is 6.75. The molecule has 7 nitrogen and oxygen atoms in total. The summed E-state index contributed by atoms with van der Waals surface area (Å²) in [6.07, 6.45) is 0.360. The number of aliphatic imine (C=N–C) groups is 1. The lowest BCUT2D eigenvalue weighted by Gasteiger charge is -2.37. The number of aromatic nitrogens is 1. The van der Waals surface area contributed by atoms with Gasteiger partial charge in [0.05, 0.1) is 0 Å². The smallest absolute Gasteiger partial charge is 0.227 e. The van der Waals surface area contributed by atoms with E-state index >= 15 is 0 Å². The van der Waals surface area contributed by atoms with E-state index in [2.05, 4.69) is 54.7 Å². The van der Waals surface area contributed by atoms with Crippen molar-refractivity contribution in [3.05, 3.63) is 54.2 Å². The molecule has 2 N–H and O–H groups in total. The number of guanidine groups is 1. The minimum absolute atomic E-state index is 0. The number of aryl methyl sites for hydroxylation is 1. The molecule has 29 heavy (non-hydrogen) atoms. The van der Waals surface area contributed by atoms with Crippen LogP contribution in [0.4, 0.5) is 11.5 Å². The van der Waals surface area contributed by atoms with E-state index in [4.69, 9.17) is 0 Å². The summed E-state index contributed by atoms with van der Waals surface area (Å²) in [5, 5.41) is 6.13. The number of anilines is 2. The van der Waals surface area contributed by atoms with Gasteiger partial charge in [0.25, 0.3) is 0 Å². The van der Waals surface area contributed by atoms with Crippen molar-refractivity contribution < 1.29 is 4.79 Å². The molecule has 1 aliphatic heterocycles. The molecule has 1 saturated heterocycles. The van der Waals surface area contributed by atoms with E-state index in [9.17, 15) is 4.79 Å². The van der Waals surface area contributed by atoms with Gasteiger partial charge < -0.3 is 20.4 Å². The number of para-hydroxylation sites is 1. The maximum absolute atomic E-state index is 12.1. The van der Waals surface area contributed by atoms with Gasteiger partial charge in [-0.15, -0.1) is 24.0 Å². The van der Waals surface area contributed by atoms with E-state index in [0.29, 0.717) is 18.8 Å². The summed E-state index contributed by atoms with van der Waals surface area (Å²) in [6, 6.07) is 16.0. The Kier molecular flexibility index (Phi) is 9.17. The number of hydrogen-bond acceptors (Lipinski definition) is 4. The summed E-state index contributed by atoms with van der Waals surface area (Å²) in [7, 11) is 1.78. The average Bonchev–Trinajstić information content (AvgIpc) is 2.72. The van der Waals surface area contributed by atoms with E-state index in [1.807, 2.05) is 25.1 Å². The standard InChI is InChI=1S/C21H28N6O.HI/c1-17-7-6-10-19(24-17)25-20(28)11-12-23-21(22-2)27-15-13-26(14-16-27)18-8-4-3-5-9-18;/h3-10H,11-16H2,1-2H3,(H,22,23)(H,24,25,28);1H. The number of halogens is 1. The van der Waals surface area contributed by atoms with E-state index in [0.717, 1.165) is 37.8 Å². The van der Waals surface area contributed by atoms with Gasteiger partial charge in [-0.25, -0.2) is 4.98 Å². The van der Waals surface area contributed by atoms with Crippen molar-refractivity contribution in [1.82, 2.24) is 15.2 Å². The average molecular weight is 508 g/mol. The minimum atomic E-state index is -0.0602. The third-order valence-electron chi connectivity index (χ3n) is 4.70. The normalized spacial score (nSPS) is 14.2.